The van der Waals surface area contributed by atoms with Gasteiger partial charge in [0.05, 0.1) is 0 Å². The molecule has 0 bridgehead atoms. The first-order chi connectivity index (χ1) is 8.69. The first kappa shape index (κ1) is 12.5. The highest BCUT2D eigenvalue weighted by atomic mass is 16.2. The summed E-state index contributed by atoms with van der Waals surface area (Å²) in [6, 6.07) is 0.510. The van der Waals surface area contributed by atoms with Gasteiger partial charge < -0.3 is 10.2 Å². The second kappa shape index (κ2) is 4.84. The van der Waals surface area contributed by atoms with Crippen molar-refractivity contribution in [2.75, 3.05) is 19.6 Å². The van der Waals surface area contributed by atoms with E-state index in [9.17, 15) is 4.79 Å². The number of hydrogen-bond donors (Lipinski definition) is 1. The Bertz CT molecular complexity index is 322. The lowest BCUT2D eigenvalue weighted by Gasteiger charge is -2.31. The zero-order chi connectivity index (χ0) is 12.6. The van der Waals surface area contributed by atoms with E-state index in [0.29, 0.717) is 17.4 Å². The van der Waals surface area contributed by atoms with Gasteiger partial charge >= 0.3 is 0 Å². The molecule has 0 aromatic carbocycles. The summed E-state index contributed by atoms with van der Waals surface area (Å²) in [5.41, 5.74) is 0.522. The molecular formula is C15H26N2O. The summed E-state index contributed by atoms with van der Waals surface area (Å²) in [5, 5.41) is 3.44. The van der Waals surface area contributed by atoms with Gasteiger partial charge in [-0.25, -0.2) is 0 Å². The second-order valence-corrected chi connectivity index (χ2v) is 6.79. The summed E-state index contributed by atoms with van der Waals surface area (Å²) >= 11 is 0. The summed E-state index contributed by atoms with van der Waals surface area (Å²) < 4.78 is 0. The standard InChI is InChI=1S/C15H26N2O/c1-12-10-13(4-8-16-12)14(18)17-9-7-15(11-17)5-2-3-6-15/h12-13,16H,2-11H2,1H3. The Morgan fingerprint density at radius 3 is 2.78 bits per heavy atom. The molecule has 1 aliphatic carbocycles. The molecule has 2 aliphatic heterocycles. The van der Waals surface area contributed by atoms with Crippen LogP contribution < -0.4 is 5.32 Å². The molecule has 2 unspecified atom stereocenters. The van der Waals surface area contributed by atoms with E-state index in [1.54, 1.807) is 0 Å². The lowest BCUT2D eigenvalue weighted by Crippen LogP contribution is -2.44. The third-order valence-corrected chi connectivity index (χ3v) is 5.39. The maximum absolute atomic E-state index is 12.6. The minimum Gasteiger partial charge on any atom is -0.342 e. The van der Waals surface area contributed by atoms with E-state index >= 15 is 0 Å². The molecule has 3 fully saturated rings. The van der Waals surface area contributed by atoms with Gasteiger partial charge in [0, 0.05) is 25.0 Å². The smallest absolute Gasteiger partial charge is 0.225 e. The zero-order valence-corrected chi connectivity index (χ0v) is 11.6. The van der Waals surface area contributed by atoms with Crippen molar-refractivity contribution in [2.24, 2.45) is 11.3 Å². The molecule has 3 heteroatoms. The van der Waals surface area contributed by atoms with E-state index in [4.69, 9.17) is 0 Å². The van der Waals surface area contributed by atoms with Crippen LogP contribution in [0.15, 0.2) is 0 Å². The van der Waals surface area contributed by atoms with Gasteiger partial charge in [-0.15, -0.1) is 0 Å². The fraction of sp³-hybridized carbons (Fsp3) is 0.933. The van der Waals surface area contributed by atoms with Gasteiger partial charge in [-0.1, -0.05) is 12.8 Å². The van der Waals surface area contributed by atoms with E-state index in [-0.39, 0.29) is 5.92 Å². The van der Waals surface area contributed by atoms with Crippen molar-refractivity contribution in [2.45, 2.75) is 57.9 Å². The van der Waals surface area contributed by atoms with E-state index < -0.39 is 0 Å². The van der Waals surface area contributed by atoms with Gasteiger partial charge in [0.2, 0.25) is 5.91 Å². The zero-order valence-electron chi connectivity index (χ0n) is 11.6. The van der Waals surface area contributed by atoms with Crippen LogP contribution in [0.1, 0.15) is 51.9 Å². The number of rotatable bonds is 1. The number of hydrogen-bond acceptors (Lipinski definition) is 2. The minimum absolute atomic E-state index is 0.290. The van der Waals surface area contributed by atoms with Gasteiger partial charge in [-0.05, 0) is 51.0 Å². The maximum atomic E-state index is 12.6. The van der Waals surface area contributed by atoms with Gasteiger partial charge in [-0.2, -0.15) is 0 Å². The second-order valence-electron chi connectivity index (χ2n) is 6.79. The Labute approximate surface area is 110 Å². The molecule has 2 atom stereocenters. The van der Waals surface area contributed by atoms with Crippen LogP contribution in [0.3, 0.4) is 0 Å². The monoisotopic (exact) mass is 250 g/mol. The Kier molecular flexibility index (Phi) is 3.35. The summed E-state index contributed by atoms with van der Waals surface area (Å²) in [7, 11) is 0. The van der Waals surface area contributed by atoms with E-state index in [1.165, 1.54) is 32.1 Å². The van der Waals surface area contributed by atoms with Gasteiger partial charge in [0.15, 0.2) is 0 Å². The van der Waals surface area contributed by atoms with E-state index in [2.05, 4.69) is 17.1 Å². The highest BCUT2D eigenvalue weighted by Gasteiger charge is 2.43. The van der Waals surface area contributed by atoms with Gasteiger partial charge in [-0.3, -0.25) is 4.79 Å². The molecule has 1 spiro atoms. The topological polar surface area (TPSA) is 32.3 Å². The molecule has 1 N–H and O–H groups in total. The lowest BCUT2D eigenvalue weighted by atomic mass is 9.85. The van der Waals surface area contributed by atoms with Crippen LogP contribution in [-0.4, -0.2) is 36.5 Å². The predicted molar refractivity (Wildman–Crippen MR) is 72.3 cm³/mol. The largest absolute Gasteiger partial charge is 0.342 e. The number of likely N-dealkylation sites (tertiary alicyclic amines) is 1. The average molecular weight is 250 g/mol. The third-order valence-electron chi connectivity index (χ3n) is 5.39. The van der Waals surface area contributed by atoms with Crippen LogP contribution in [-0.2, 0) is 4.79 Å². The molecule has 102 valence electrons. The fourth-order valence-electron chi connectivity index (χ4n) is 4.27. The molecule has 3 aliphatic rings. The van der Waals surface area contributed by atoms with Crippen molar-refractivity contribution in [3.05, 3.63) is 0 Å². The Morgan fingerprint density at radius 2 is 2.06 bits per heavy atom. The SMILES string of the molecule is CC1CC(C(=O)N2CCC3(CCCC3)C2)CCN1. The van der Waals surface area contributed by atoms with Crippen molar-refractivity contribution in [3.8, 4) is 0 Å². The molecule has 0 aromatic rings. The number of amides is 1. The Hall–Kier alpha value is -0.570. The number of piperidine rings is 1. The van der Waals surface area contributed by atoms with Crippen molar-refractivity contribution in [3.63, 3.8) is 0 Å². The quantitative estimate of drug-likeness (QED) is 0.773. The molecule has 0 radical (unpaired) electrons. The Morgan fingerprint density at radius 1 is 1.28 bits per heavy atom. The molecule has 2 heterocycles. The summed E-state index contributed by atoms with van der Waals surface area (Å²) in [6.07, 6.45) is 8.81. The maximum Gasteiger partial charge on any atom is 0.225 e. The average Bonchev–Trinajstić information content (AvgIpc) is 3.00. The third kappa shape index (κ3) is 2.29. The first-order valence-electron chi connectivity index (χ1n) is 7.71. The highest BCUT2D eigenvalue weighted by Crippen LogP contribution is 2.45. The van der Waals surface area contributed by atoms with E-state index in [0.717, 1.165) is 32.5 Å². The molecule has 1 amide bonds. The van der Waals surface area contributed by atoms with Crippen LogP contribution >= 0.6 is 0 Å². The predicted octanol–water partition coefficient (Wildman–Crippen LogP) is 2.17. The molecule has 3 rings (SSSR count). The molecule has 3 nitrogen and oxygen atoms in total. The molecular weight excluding hydrogens is 224 g/mol. The molecule has 1 saturated carbocycles. The highest BCUT2D eigenvalue weighted by molar-refractivity contribution is 5.79. The van der Waals surface area contributed by atoms with Crippen LogP contribution in [0.2, 0.25) is 0 Å². The van der Waals surface area contributed by atoms with Crippen LogP contribution in [0.4, 0.5) is 0 Å². The van der Waals surface area contributed by atoms with Crippen LogP contribution in [0, 0.1) is 11.3 Å². The van der Waals surface area contributed by atoms with Gasteiger partial charge in [0.25, 0.3) is 0 Å². The normalized spacial score (nSPS) is 35.3. The molecule has 0 aromatic heterocycles. The molecule has 2 saturated heterocycles. The van der Waals surface area contributed by atoms with Crippen molar-refractivity contribution in [1.29, 1.82) is 0 Å². The van der Waals surface area contributed by atoms with E-state index in [1.807, 2.05) is 0 Å². The van der Waals surface area contributed by atoms with Crippen molar-refractivity contribution >= 4 is 5.91 Å². The summed E-state index contributed by atoms with van der Waals surface area (Å²) in [4.78, 5) is 14.8. The number of carbonyl (C=O) groups excluding carboxylic acids is 1. The van der Waals surface area contributed by atoms with Crippen LogP contribution in [0.25, 0.3) is 0 Å². The van der Waals surface area contributed by atoms with Crippen LogP contribution in [0.5, 0.6) is 0 Å². The summed E-state index contributed by atoms with van der Waals surface area (Å²) in [6.45, 7) is 5.29. The minimum atomic E-state index is 0.290. The fourth-order valence-corrected chi connectivity index (χ4v) is 4.27. The first-order valence-corrected chi connectivity index (χ1v) is 7.71. The number of nitrogens with zero attached hydrogens (tertiary/aromatic N) is 1. The summed E-state index contributed by atoms with van der Waals surface area (Å²) in [5.74, 6) is 0.741. The Balaban J connectivity index is 1.60. The number of nitrogens with one attached hydrogen (secondary N) is 1. The van der Waals surface area contributed by atoms with Crippen molar-refractivity contribution in [1.82, 2.24) is 10.2 Å². The molecule has 18 heavy (non-hydrogen) atoms. The lowest BCUT2D eigenvalue weighted by molar-refractivity contribution is -0.136. The number of carbonyl (C=O) groups is 1. The van der Waals surface area contributed by atoms with Gasteiger partial charge in [0.1, 0.15) is 0 Å². The van der Waals surface area contributed by atoms with Crippen molar-refractivity contribution < 1.29 is 4.79 Å².